The van der Waals surface area contributed by atoms with E-state index in [1.807, 2.05) is 6.08 Å². The Kier molecular flexibility index (Phi) is 7.54. The normalized spacial score (nSPS) is 22.5. The topological polar surface area (TPSA) is 63.6 Å². The third-order valence-electron chi connectivity index (χ3n) is 4.84. The molecule has 1 unspecified atom stereocenters. The molecule has 5 heteroatoms. The number of carboxylic acid groups (broad SMARTS) is 1. The van der Waals surface area contributed by atoms with Crippen molar-refractivity contribution in [3.05, 3.63) is 11.6 Å². The molecule has 2 rings (SSSR count). The predicted octanol–water partition coefficient (Wildman–Crippen LogP) is 4.92. The van der Waals surface area contributed by atoms with Crippen molar-refractivity contribution in [3.8, 4) is 0 Å². The zero-order valence-electron chi connectivity index (χ0n) is 13.3. The van der Waals surface area contributed by atoms with Crippen LogP contribution >= 0.6 is 8.03 Å². The first kappa shape index (κ1) is 17.6. The van der Waals surface area contributed by atoms with E-state index in [-0.39, 0.29) is 11.7 Å². The van der Waals surface area contributed by atoms with E-state index in [4.69, 9.17) is 4.52 Å². The lowest BCUT2D eigenvalue weighted by Crippen LogP contribution is -2.13. The van der Waals surface area contributed by atoms with Gasteiger partial charge in [0.2, 0.25) is 6.16 Å². The van der Waals surface area contributed by atoms with Gasteiger partial charge in [-0.15, -0.1) is 4.52 Å². The zero-order chi connectivity index (χ0) is 15.8. The smallest absolute Gasteiger partial charge is 0.478 e. The second-order valence-electron chi connectivity index (χ2n) is 6.69. The molecule has 0 aromatic carbocycles. The van der Waals surface area contributed by atoms with Gasteiger partial charge in [0.25, 0.3) is 0 Å². The quantitative estimate of drug-likeness (QED) is 0.532. The Morgan fingerprint density at radius 2 is 1.64 bits per heavy atom. The van der Waals surface area contributed by atoms with Crippen LogP contribution in [0.1, 0.15) is 64.2 Å². The zero-order valence-corrected chi connectivity index (χ0v) is 14.2. The first-order chi connectivity index (χ1) is 10.6. The largest absolute Gasteiger partial charge is 0.513 e. The second kappa shape index (κ2) is 9.42. The minimum absolute atomic E-state index is 0.0495. The SMILES string of the molecule is O=C(O)C(=CC1CCCCC1)C[P+](=O)OCC1CCCCC1. The lowest BCUT2D eigenvalue weighted by Gasteiger charge is -2.19. The van der Waals surface area contributed by atoms with E-state index < -0.39 is 14.0 Å². The summed E-state index contributed by atoms with van der Waals surface area (Å²) >= 11 is 0. The van der Waals surface area contributed by atoms with Gasteiger partial charge < -0.3 is 5.11 Å². The molecule has 0 radical (unpaired) electrons. The van der Waals surface area contributed by atoms with E-state index in [0.29, 0.717) is 18.4 Å². The van der Waals surface area contributed by atoms with Gasteiger partial charge in [0, 0.05) is 0 Å². The minimum atomic E-state index is -1.90. The highest BCUT2D eigenvalue weighted by Gasteiger charge is 2.27. The van der Waals surface area contributed by atoms with Crippen molar-refractivity contribution in [2.24, 2.45) is 11.8 Å². The number of carboxylic acids is 1. The van der Waals surface area contributed by atoms with Gasteiger partial charge in [-0.1, -0.05) is 44.6 Å². The maximum atomic E-state index is 12.1. The predicted molar refractivity (Wildman–Crippen MR) is 87.3 cm³/mol. The Bertz CT molecular complexity index is 407. The monoisotopic (exact) mass is 327 g/mol. The van der Waals surface area contributed by atoms with Gasteiger partial charge >= 0.3 is 14.0 Å². The highest BCUT2D eigenvalue weighted by molar-refractivity contribution is 7.39. The molecule has 1 atom stereocenters. The summed E-state index contributed by atoms with van der Waals surface area (Å²) in [5.74, 6) is -0.111. The fraction of sp³-hybridized carbons (Fsp3) is 0.824. The summed E-state index contributed by atoms with van der Waals surface area (Å²) in [6.07, 6.45) is 13.6. The van der Waals surface area contributed by atoms with Crippen LogP contribution in [0.5, 0.6) is 0 Å². The molecule has 0 spiro atoms. The molecule has 0 saturated heterocycles. The molecule has 2 fully saturated rings. The van der Waals surface area contributed by atoms with Crippen molar-refractivity contribution in [2.75, 3.05) is 12.8 Å². The molecular formula is C17H28O4P+. The Labute approximate surface area is 134 Å². The van der Waals surface area contributed by atoms with Gasteiger partial charge in [-0.25, -0.2) is 4.79 Å². The number of hydrogen-bond donors (Lipinski definition) is 1. The van der Waals surface area contributed by atoms with E-state index in [9.17, 15) is 14.5 Å². The number of hydrogen-bond acceptors (Lipinski definition) is 3. The molecule has 0 bridgehead atoms. The molecule has 4 nitrogen and oxygen atoms in total. The van der Waals surface area contributed by atoms with Crippen molar-refractivity contribution in [2.45, 2.75) is 64.2 Å². The van der Waals surface area contributed by atoms with Crippen LogP contribution in [0.25, 0.3) is 0 Å². The van der Waals surface area contributed by atoms with Crippen LogP contribution in [0.3, 0.4) is 0 Å². The molecule has 0 amide bonds. The first-order valence-corrected chi connectivity index (χ1v) is 10.0. The third kappa shape index (κ3) is 6.18. The van der Waals surface area contributed by atoms with E-state index in [1.165, 1.54) is 38.5 Å². The highest BCUT2D eigenvalue weighted by atomic mass is 31.1. The molecule has 1 N–H and O–H groups in total. The van der Waals surface area contributed by atoms with Crippen molar-refractivity contribution < 1.29 is 19.0 Å². The molecule has 0 aromatic rings. The summed E-state index contributed by atoms with van der Waals surface area (Å²) in [6.45, 7) is 0.519. The van der Waals surface area contributed by atoms with Crippen LogP contribution in [0.15, 0.2) is 11.6 Å². The number of carbonyl (C=O) groups is 1. The highest BCUT2D eigenvalue weighted by Crippen LogP contribution is 2.32. The summed E-state index contributed by atoms with van der Waals surface area (Å²) in [4.78, 5) is 11.4. The Morgan fingerprint density at radius 3 is 2.23 bits per heavy atom. The van der Waals surface area contributed by atoms with E-state index in [2.05, 4.69) is 0 Å². The molecule has 22 heavy (non-hydrogen) atoms. The minimum Gasteiger partial charge on any atom is -0.478 e. The van der Waals surface area contributed by atoms with E-state index in [0.717, 1.165) is 25.7 Å². The fourth-order valence-corrected chi connectivity index (χ4v) is 4.49. The van der Waals surface area contributed by atoms with Crippen molar-refractivity contribution in [1.82, 2.24) is 0 Å². The van der Waals surface area contributed by atoms with Crippen LogP contribution in [-0.4, -0.2) is 23.8 Å². The maximum Gasteiger partial charge on any atom is 0.513 e. The Balaban J connectivity index is 1.80. The Morgan fingerprint density at radius 1 is 1.05 bits per heavy atom. The second-order valence-corrected chi connectivity index (χ2v) is 7.93. The summed E-state index contributed by atoms with van der Waals surface area (Å²) in [7, 11) is -1.90. The van der Waals surface area contributed by atoms with Gasteiger partial charge in [-0.2, -0.15) is 0 Å². The summed E-state index contributed by atoms with van der Waals surface area (Å²) in [6, 6.07) is 0. The van der Waals surface area contributed by atoms with Crippen molar-refractivity contribution in [1.29, 1.82) is 0 Å². The summed E-state index contributed by atoms with van der Waals surface area (Å²) in [5.41, 5.74) is 0.275. The number of aliphatic carboxylic acids is 1. The molecule has 0 aromatic heterocycles. The van der Waals surface area contributed by atoms with Crippen LogP contribution < -0.4 is 0 Å². The van der Waals surface area contributed by atoms with Gasteiger partial charge in [-0.05, 0) is 42.1 Å². The molecular weight excluding hydrogens is 299 g/mol. The van der Waals surface area contributed by atoms with Crippen LogP contribution in [0, 0.1) is 11.8 Å². The van der Waals surface area contributed by atoms with Gasteiger partial charge in [0.1, 0.15) is 6.61 Å². The summed E-state index contributed by atoms with van der Waals surface area (Å²) < 4.78 is 17.5. The number of allylic oxidation sites excluding steroid dienone is 1. The molecule has 124 valence electrons. The molecule has 2 aliphatic rings. The van der Waals surface area contributed by atoms with E-state index in [1.54, 1.807) is 0 Å². The fourth-order valence-electron chi connectivity index (χ4n) is 3.50. The van der Waals surface area contributed by atoms with Crippen LogP contribution in [0.2, 0.25) is 0 Å². The number of rotatable bonds is 7. The average molecular weight is 327 g/mol. The average Bonchev–Trinajstić information content (AvgIpc) is 2.54. The first-order valence-electron chi connectivity index (χ1n) is 8.66. The third-order valence-corrected chi connectivity index (χ3v) is 5.88. The lowest BCUT2D eigenvalue weighted by atomic mass is 9.88. The van der Waals surface area contributed by atoms with Crippen molar-refractivity contribution in [3.63, 3.8) is 0 Å². The van der Waals surface area contributed by atoms with Gasteiger partial charge in [0.05, 0.1) is 5.57 Å². The van der Waals surface area contributed by atoms with Crippen LogP contribution in [-0.2, 0) is 13.9 Å². The molecule has 0 aliphatic heterocycles. The maximum absolute atomic E-state index is 12.1. The van der Waals surface area contributed by atoms with Gasteiger partial charge in [-0.3, -0.25) is 0 Å². The van der Waals surface area contributed by atoms with Gasteiger partial charge in [0.15, 0.2) is 0 Å². The Hall–Kier alpha value is -0.730. The molecule has 0 heterocycles. The molecule has 2 saturated carbocycles. The van der Waals surface area contributed by atoms with Crippen LogP contribution in [0.4, 0.5) is 0 Å². The summed E-state index contributed by atoms with van der Waals surface area (Å²) in [5, 5.41) is 9.32. The van der Waals surface area contributed by atoms with E-state index >= 15 is 0 Å². The molecule has 2 aliphatic carbocycles. The lowest BCUT2D eigenvalue weighted by molar-refractivity contribution is -0.132. The van der Waals surface area contributed by atoms with Crippen molar-refractivity contribution >= 4 is 14.0 Å². The standard InChI is InChI=1S/C17H27O4P/c18-17(19)16(11-14-7-3-1-4-8-14)13-22(20)21-12-15-9-5-2-6-10-15/h11,14-15H,1-10,12-13H2/p+1.